The average molecular weight is 377 g/mol. The van der Waals surface area contributed by atoms with Crippen molar-refractivity contribution in [3.05, 3.63) is 34.4 Å². The van der Waals surface area contributed by atoms with Gasteiger partial charge < -0.3 is 10.1 Å². The number of fused-ring (bicyclic) bond motifs is 1. The zero-order chi connectivity index (χ0) is 16.0. The lowest BCUT2D eigenvalue weighted by Crippen LogP contribution is -2.35. The van der Waals surface area contributed by atoms with Crippen molar-refractivity contribution in [3.63, 3.8) is 0 Å². The van der Waals surface area contributed by atoms with Crippen LogP contribution in [0.5, 0.6) is 0 Å². The smallest absolute Gasteiger partial charge is 0.320 e. The highest BCUT2D eigenvalue weighted by molar-refractivity contribution is 9.10. The van der Waals surface area contributed by atoms with Gasteiger partial charge in [0.1, 0.15) is 6.04 Å². The van der Waals surface area contributed by atoms with E-state index in [-0.39, 0.29) is 11.5 Å². The number of carbonyl (C=O) groups is 1. The van der Waals surface area contributed by atoms with Crippen LogP contribution in [0.2, 0.25) is 0 Å². The van der Waals surface area contributed by atoms with E-state index in [0.29, 0.717) is 6.54 Å². The van der Waals surface area contributed by atoms with Crippen LogP contribution in [0.25, 0.3) is 10.9 Å². The van der Waals surface area contributed by atoms with Crippen molar-refractivity contribution in [2.45, 2.75) is 44.7 Å². The molecular formula is C18H21BrN2O2. The number of carboxylic acid groups (broad SMARTS) is 1. The Hall–Kier alpha value is -1.33. The van der Waals surface area contributed by atoms with E-state index in [2.05, 4.69) is 37.9 Å². The standard InChI is InChI=1S/C18H21BrN2O2/c19-16-12-5-1-2-6-13(12)20-14(16)10-21-11-18(7-3-4-8-18)9-15(21)17(22)23/h1-2,5-6,15,20H,3-4,7-11H2,(H,22,23). The number of hydrogen-bond donors (Lipinski definition) is 2. The quantitative estimate of drug-likeness (QED) is 0.845. The molecule has 0 radical (unpaired) electrons. The molecule has 5 heteroatoms. The summed E-state index contributed by atoms with van der Waals surface area (Å²) in [6, 6.07) is 7.82. The number of carboxylic acids is 1. The summed E-state index contributed by atoms with van der Waals surface area (Å²) in [7, 11) is 0. The number of nitrogens with one attached hydrogen (secondary N) is 1. The van der Waals surface area contributed by atoms with Crippen LogP contribution >= 0.6 is 15.9 Å². The monoisotopic (exact) mass is 376 g/mol. The summed E-state index contributed by atoms with van der Waals surface area (Å²) in [6.45, 7) is 1.57. The van der Waals surface area contributed by atoms with Crippen LogP contribution in [0, 0.1) is 5.41 Å². The van der Waals surface area contributed by atoms with E-state index in [1.807, 2.05) is 12.1 Å². The molecule has 1 aliphatic heterocycles. The number of halogens is 1. The van der Waals surface area contributed by atoms with Gasteiger partial charge in [-0.1, -0.05) is 31.0 Å². The van der Waals surface area contributed by atoms with Gasteiger partial charge in [0, 0.05) is 34.2 Å². The Morgan fingerprint density at radius 2 is 2.09 bits per heavy atom. The zero-order valence-corrected chi connectivity index (χ0v) is 14.6. The van der Waals surface area contributed by atoms with Gasteiger partial charge in [-0.05, 0) is 46.7 Å². The molecule has 1 aromatic heterocycles. The Kier molecular flexibility index (Phi) is 3.73. The summed E-state index contributed by atoms with van der Waals surface area (Å²) in [5, 5.41) is 10.8. The molecule has 1 saturated heterocycles. The number of H-pyrrole nitrogens is 1. The zero-order valence-electron chi connectivity index (χ0n) is 13.0. The lowest BCUT2D eigenvalue weighted by molar-refractivity contribution is -0.142. The van der Waals surface area contributed by atoms with Gasteiger partial charge >= 0.3 is 5.97 Å². The van der Waals surface area contributed by atoms with Crippen molar-refractivity contribution in [2.24, 2.45) is 5.41 Å². The molecule has 1 unspecified atom stereocenters. The normalized spacial score (nSPS) is 24.0. The molecule has 1 saturated carbocycles. The van der Waals surface area contributed by atoms with Gasteiger partial charge in [0.05, 0.1) is 0 Å². The molecule has 4 rings (SSSR count). The third kappa shape index (κ3) is 2.60. The molecule has 2 N–H and O–H groups in total. The maximum Gasteiger partial charge on any atom is 0.320 e. The van der Waals surface area contributed by atoms with Crippen molar-refractivity contribution in [1.82, 2.24) is 9.88 Å². The SMILES string of the molecule is O=C(O)C1CC2(CCCC2)CN1Cc1[nH]c2ccccc2c1Br. The minimum Gasteiger partial charge on any atom is -0.480 e. The predicted molar refractivity (Wildman–Crippen MR) is 93.4 cm³/mol. The van der Waals surface area contributed by atoms with E-state index >= 15 is 0 Å². The molecule has 2 heterocycles. The van der Waals surface area contributed by atoms with Crippen molar-refractivity contribution >= 4 is 32.8 Å². The summed E-state index contributed by atoms with van der Waals surface area (Å²) < 4.78 is 1.06. The minimum atomic E-state index is -0.680. The van der Waals surface area contributed by atoms with Crippen LogP contribution in [-0.2, 0) is 11.3 Å². The van der Waals surface area contributed by atoms with Gasteiger partial charge in [0.2, 0.25) is 0 Å². The Morgan fingerprint density at radius 3 is 2.78 bits per heavy atom. The summed E-state index contributed by atoms with van der Waals surface area (Å²) in [6.07, 6.45) is 5.66. The molecule has 1 spiro atoms. The Labute approximate surface area is 144 Å². The molecule has 23 heavy (non-hydrogen) atoms. The number of aromatic nitrogens is 1. The fourth-order valence-electron chi connectivity index (χ4n) is 4.52. The second-order valence-corrected chi connectivity index (χ2v) is 7.93. The highest BCUT2D eigenvalue weighted by Crippen LogP contribution is 2.48. The molecule has 2 aromatic rings. The second kappa shape index (κ2) is 5.64. The fourth-order valence-corrected chi connectivity index (χ4v) is 5.09. The van der Waals surface area contributed by atoms with Gasteiger partial charge in [0.25, 0.3) is 0 Å². The van der Waals surface area contributed by atoms with E-state index in [1.54, 1.807) is 0 Å². The number of hydrogen-bond acceptors (Lipinski definition) is 2. The van der Waals surface area contributed by atoms with Crippen LogP contribution < -0.4 is 0 Å². The summed E-state index contributed by atoms with van der Waals surface area (Å²) in [5.41, 5.74) is 2.41. The molecule has 1 aliphatic carbocycles. The molecule has 122 valence electrons. The first kappa shape index (κ1) is 15.2. The number of aliphatic carboxylic acids is 1. The number of para-hydroxylation sites is 1. The number of aromatic amines is 1. The molecule has 1 aromatic carbocycles. The Morgan fingerprint density at radius 1 is 1.35 bits per heavy atom. The highest BCUT2D eigenvalue weighted by Gasteiger charge is 2.48. The minimum absolute atomic E-state index is 0.238. The van der Waals surface area contributed by atoms with Gasteiger partial charge in [0.15, 0.2) is 0 Å². The molecule has 4 nitrogen and oxygen atoms in total. The molecule has 1 atom stereocenters. The number of likely N-dealkylation sites (tertiary alicyclic amines) is 1. The second-order valence-electron chi connectivity index (χ2n) is 7.13. The maximum absolute atomic E-state index is 11.7. The van der Waals surface area contributed by atoms with E-state index in [0.717, 1.165) is 34.0 Å². The Balaban J connectivity index is 1.63. The first-order chi connectivity index (χ1) is 11.1. The van der Waals surface area contributed by atoms with Gasteiger partial charge in [-0.2, -0.15) is 0 Å². The first-order valence-electron chi connectivity index (χ1n) is 8.30. The molecule has 0 bridgehead atoms. The lowest BCUT2D eigenvalue weighted by atomic mass is 9.84. The van der Waals surface area contributed by atoms with E-state index < -0.39 is 5.97 Å². The molecule has 0 amide bonds. The molecular weight excluding hydrogens is 356 g/mol. The van der Waals surface area contributed by atoms with E-state index in [1.165, 1.54) is 25.7 Å². The fraction of sp³-hybridized carbons (Fsp3) is 0.500. The van der Waals surface area contributed by atoms with Crippen LogP contribution in [-0.4, -0.2) is 33.5 Å². The molecule has 2 fully saturated rings. The molecule has 2 aliphatic rings. The van der Waals surface area contributed by atoms with Crippen LogP contribution in [0.15, 0.2) is 28.7 Å². The first-order valence-corrected chi connectivity index (χ1v) is 9.09. The van der Waals surface area contributed by atoms with Crippen molar-refractivity contribution < 1.29 is 9.90 Å². The van der Waals surface area contributed by atoms with E-state index in [4.69, 9.17) is 0 Å². The summed E-state index contributed by atoms with van der Waals surface area (Å²) >= 11 is 3.69. The maximum atomic E-state index is 11.7. The van der Waals surface area contributed by atoms with Crippen LogP contribution in [0.4, 0.5) is 0 Å². The van der Waals surface area contributed by atoms with Crippen molar-refractivity contribution in [3.8, 4) is 0 Å². The van der Waals surface area contributed by atoms with Crippen molar-refractivity contribution in [2.75, 3.05) is 6.54 Å². The number of nitrogens with zero attached hydrogens (tertiary/aromatic N) is 1. The number of benzene rings is 1. The van der Waals surface area contributed by atoms with Gasteiger partial charge in [-0.25, -0.2) is 0 Å². The van der Waals surface area contributed by atoms with Gasteiger partial charge in [-0.3, -0.25) is 9.69 Å². The predicted octanol–water partition coefficient (Wildman–Crippen LogP) is 4.15. The Bertz CT molecular complexity index is 749. The average Bonchev–Trinajstić information content (AvgIpc) is 3.21. The topological polar surface area (TPSA) is 56.3 Å². The largest absolute Gasteiger partial charge is 0.480 e. The van der Waals surface area contributed by atoms with Crippen molar-refractivity contribution in [1.29, 1.82) is 0 Å². The summed E-state index contributed by atoms with van der Waals surface area (Å²) in [4.78, 5) is 17.3. The third-order valence-electron chi connectivity index (χ3n) is 5.63. The summed E-state index contributed by atoms with van der Waals surface area (Å²) in [5.74, 6) is -0.680. The van der Waals surface area contributed by atoms with Crippen LogP contribution in [0.3, 0.4) is 0 Å². The highest BCUT2D eigenvalue weighted by atomic mass is 79.9. The number of rotatable bonds is 3. The third-order valence-corrected chi connectivity index (χ3v) is 6.54. The van der Waals surface area contributed by atoms with E-state index in [9.17, 15) is 9.90 Å². The lowest BCUT2D eigenvalue weighted by Gasteiger charge is -2.23. The van der Waals surface area contributed by atoms with Gasteiger partial charge in [-0.15, -0.1) is 0 Å². The van der Waals surface area contributed by atoms with Crippen LogP contribution in [0.1, 0.15) is 37.8 Å².